The Bertz CT molecular complexity index is 433. The molecule has 0 bridgehead atoms. The highest BCUT2D eigenvalue weighted by Gasteiger charge is 2.24. The third kappa shape index (κ3) is 4.04. The molecular weight excluding hydrogens is 264 g/mol. The summed E-state index contributed by atoms with van der Waals surface area (Å²) >= 11 is 1.46. The minimum absolute atomic E-state index is 0.0185. The van der Waals surface area contributed by atoms with E-state index >= 15 is 0 Å². The number of hydrogen-bond acceptors (Lipinski definition) is 4. The van der Waals surface area contributed by atoms with Crippen LogP contribution in [0, 0.1) is 5.92 Å². The van der Waals surface area contributed by atoms with Gasteiger partial charge in [-0.3, -0.25) is 9.59 Å². The van der Waals surface area contributed by atoms with Crippen molar-refractivity contribution in [1.29, 1.82) is 0 Å². The summed E-state index contributed by atoms with van der Waals surface area (Å²) in [5, 5.41) is 13.4. The Morgan fingerprint density at radius 3 is 3.05 bits per heavy atom. The second kappa shape index (κ2) is 6.68. The van der Waals surface area contributed by atoms with Crippen molar-refractivity contribution in [3.8, 4) is 0 Å². The first-order chi connectivity index (χ1) is 9.16. The predicted molar refractivity (Wildman–Crippen MR) is 73.5 cm³/mol. The van der Waals surface area contributed by atoms with Crippen LogP contribution in [0.4, 0.5) is 0 Å². The van der Waals surface area contributed by atoms with E-state index in [-0.39, 0.29) is 12.5 Å². The zero-order valence-electron chi connectivity index (χ0n) is 10.7. The van der Waals surface area contributed by atoms with Gasteiger partial charge in [-0.1, -0.05) is 6.07 Å². The average molecular weight is 282 g/mol. The normalized spacial score (nSPS) is 19.4. The molecule has 1 aromatic rings. The second-order valence-electron chi connectivity index (χ2n) is 4.76. The molecule has 2 heterocycles. The fourth-order valence-corrected chi connectivity index (χ4v) is 3.05. The van der Waals surface area contributed by atoms with Crippen LogP contribution in [-0.4, -0.2) is 48.1 Å². The van der Waals surface area contributed by atoms with Gasteiger partial charge < -0.3 is 15.3 Å². The van der Waals surface area contributed by atoms with Gasteiger partial charge in [0.2, 0.25) is 0 Å². The summed E-state index contributed by atoms with van der Waals surface area (Å²) in [5.41, 5.74) is 0. The van der Waals surface area contributed by atoms with Gasteiger partial charge in [-0.25, -0.2) is 0 Å². The van der Waals surface area contributed by atoms with Gasteiger partial charge in [0, 0.05) is 19.6 Å². The van der Waals surface area contributed by atoms with Gasteiger partial charge in [-0.2, -0.15) is 0 Å². The van der Waals surface area contributed by atoms with E-state index in [1.165, 1.54) is 11.3 Å². The lowest BCUT2D eigenvalue weighted by Gasteiger charge is -2.32. The number of hydrogen-bond donors (Lipinski definition) is 2. The molecule has 0 aromatic carbocycles. The number of carbonyl (C=O) groups excluding carboxylic acids is 1. The third-order valence-corrected chi connectivity index (χ3v) is 4.11. The Balaban J connectivity index is 1.83. The number of rotatable bonds is 5. The monoisotopic (exact) mass is 282 g/mol. The first kappa shape index (κ1) is 14.0. The minimum atomic E-state index is -0.845. The lowest BCUT2D eigenvalue weighted by Crippen LogP contribution is -2.43. The van der Waals surface area contributed by atoms with E-state index < -0.39 is 5.97 Å². The number of carboxylic acids is 1. The molecule has 1 atom stereocenters. The van der Waals surface area contributed by atoms with Crippen LogP contribution < -0.4 is 5.32 Å². The number of piperidine rings is 1. The maximum Gasteiger partial charge on any atom is 0.317 e. The zero-order chi connectivity index (χ0) is 13.7. The fourth-order valence-electron chi connectivity index (χ4n) is 2.36. The molecule has 5 nitrogen and oxygen atoms in total. The summed E-state index contributed by atoms with van der Waals surface area (Å²) in [6.07, 6.45) is 2.03. The van der Waals surface area contributed by atoms with E-state index in [0.717, 1.165) is 24.3 Å². The van der Waals surface area contributed by atoms with Gasteiger partial charge in [-0.05, 0) is 30.2 Å². The molecule has 1 aliphatic rings. The van der Waals surface area contributed by atoms with Crippen molar-refractivity contribution in [1.82, 2.24) is 10.2 Å². The maximum atomic E-state index is 12.2. The molecular formula is C13H18N2O3S. The quantitative estimate of drug-likeness (QED) is 0.853. The Labute approximate surface area is 116 Å². The summed E-state index contributed by atoms with van der Waals surface area (Å²) in [7, 11) is 0. The van der Waals surface area contributed by atoms with Crippen LogP contribution in [0.5, 0.6) is 0 Å². The van der Waals surface area contributed by atoms with Crippen LogP contribution in [0.15, 0.2) is 17.5 Å². The Kier molecular flexibility index (Phi) is 4.93. The Morgan fingerprint density at radius 2 is 2.37 bits per heavy atom. The molecule has 1 amide bonds. The number of nitrogens with one attached hydrogen (secondary N) is 1. The smallest absolute Gasteiger partial charge is 0.317 e. The number of likely N-dealkylation sites (tertiary alicyclic amines) is 1. The molecule has 0 saturated carbocycles. The summed E-state index contributed by atoms with van der Waals surface area (Å²) in [6.45, 7) is 2.14. The topological polar surface area (TPSA) is 69.6 Å². The van der Waals surface area contributed by atoms with E-state index in [4.69, 9.17) is 5.11 Å². The van der Waals surface area contributed by atoms with E-state index in [1.807, 2.05) is 22.4 Å². The molecule has 0 spiro atoms. The molecule has 1 fully saturated rings. The van der Waals surface area contributed by atoms with Crippen molar-refractivity contribution in [2.75, 3.05) is 26.2 Å². The van der Waals surface area contributed by atoms with Crippen molar-refractivity contribution < 1.29 is 14.7 Å². The van der Waals surface area contributed by atoms with Crippen molar-refractivity contribution in [3.63, 3.8) is 0 Å². The third-order valence-electron chi connectivity index (χ3n) is 3.25. The molecule has 1 saturated heterocycles. The number of aliphatic carboxylic acids is 1. The summed E-state index contributed by atoms with van der Waals surface area (Å²) in [4.78, 5) is 25.3. The van der Waals surface area contributed by atoms with Crippen molar-refractivity contribution in [3.05, 3.63) is 22.4 Å². The summed E-state index contributed by atoms with van der Waals surface area (Å²) in [6, 6.07) is 3.73. The highest BCUT2D eigenvalue weighted by atomic mass is 32.1. The predicted octanol–water partition coefficient (Wildman–Crippen LogP) is 1.27. The van der Waals surface area contributed by atoms with E-state index in [9.17, 15) is 9.59 Å². The van der Waals surface area contributed by atoms with Gasteiger partial charge in [0.05, 0.1) is 11.4 Å². The molecule has 6 heteroatoms. The Hall–Kier alpha value is -1.40. The molecule has 1 unspecified atom stereocenters. The lowest BCUT2D eigenvalue weighted by molar-refractivity contribution is -0.136. The highest BCUT2D eigenvalue weighted by molar-refractivity contribution is 7.12. The second-order valence-corrected chi connectivity index (χ2v) is 5.71. The van der Waals surface area contributed by atoms with Crippen LogP contribution in [0.25, 0.3) is 0 Å². The molecule has 1 aromatic heterocycles. The van der Waals surface area contributed by atoms with Gasteiger partial charge in [-0.15, -0.1) is 11.3 Å². The van der Waals surface area contributed by atoms with Crippen LogP contribution >= 0.6 is 11.3 Å². The van der Waals surface area contributed by atoms with Crippen molar-refractivity contribution >= 4 is 23.2 Å². The first-order valence-corrected chi connectivity index (χ1v) is 7.30. The molecule has 0 radical (unpaired) electrons. The van der Waals surface area contributed by atoms with Gasteiger partial charge in [0.15, 0.2) is 0 Å². The van der Waals surface area contributed by atoms with E-state index in [1.54, 1.807) is 0 Å². The minimum Gasteiger partial charge on any atom is -0.480 e. The molecule has 104 valence electrons. The number of nitrogens with zero attached hydrogens (tertiary/aromatic N) is 1. The van der Waals surface area contributed by atoms with Crippen LogP contribution in [0.1, 0.15) is 22.5 Å². The molecule has 0 aliphatic carbocycles. The summed E-state index contributed by atoms with van der Waals surface area (Å²) in [5.74, 6) is -0.405. The standard InChI is InChI=1S/C13H18N2O3S/c16-12(17)8-14-7-10-3-1-5-15(9-10)13(18)11-4-2-6-19-11/h2,4,6,10,14H,1,3,5,7-9H2,(H,16,17). The van der Waals surface area contributed by atoms with Gasteiger partial charge in [0.1, 0.15) is 0 Å². The fraction of sp³-hybridized carbons (Fsp3) is 0.538. The molecule has 19 heavy (non-hydrogen) atoms. The van der Waals surface area contributed by atoms with Crippen LogP contribution in [-0.2, 0) is 4.79 Å². The zero-order valence-corrected chi connectivity index (χ0v) is 11.5. The largest absolute Gasteiger partial charge is 0.480 e. The van der Waals surface area contributed by atoms with E-state index in [0.29, 0.717) is 19.0 Å². The lowest BCUT2D eigenvalue weighted by atomic mass is 9.98. The van der Waals surface area contributed by atoms with Crippen LogP contribution in [0.2, 0.25) is 0 Å². The number of amides is 1. The number of carboxylic acid groups (broad SMARTS) is 1. The molecule has 2 N–H and O–H groups in total. The van der Waals surface area contributed by atoms with Crippen molar-refractivity contribution in [2.24, 2.45) is 5.92 Å². The van der Waals surface area contributed by atoms with Crippen LogP contribution in [0.3, 0.4) is 0 Å². The first-order valence-electron chi connectivity index (χ1n) is 6.42. The molecule has 1 aliphatic heterocycles. The van der Waals surface area contributed by atoms with Crippen molar-refractivity contribution in [2.45, 2.75) is 12.8 Å². The molecule has 2 rings (SSSR count). The summed E-state index contributed by atoms with van der Waals surface area (Å²) < 4.78 is 0. The van der Waals surface area contributed by atoms with E-state index in [2.05, 4.69) is 5.32 Å². The van der Waals surface area contributed by atoms with Gasteiger partial charge >= 0.3 is 5.97 Å². The highest BCUT2D eigenvalue weighted by Crippen LogP contribution is 2.19. The SMILES string of the molecule is O=C(O)CNCC1CCCN(C(=O)c2cccs2)C1. The van der Waals surface area contributed by atoms with Gasteiger partial charge in [0.25, 0.3) is 5.91 Å². The average Bonchev–Trinajstić information content (AvgIpc) is 2.91. The number of carbonyl (C=O) groups is 2. The number of thiophene rings is 1. The Morgan fingerprint density at radius 1 is 1.53 bits per heavy atom. The maximum absolute atomic E-state index is 12.2.